The number of nitrogens with two attached hydrogens (primary N) is 1. The summed E-state index contributed by atoms with van der Waals surface area (Å²) in [6.07, 6.45) is 6.37. The van der Waals surface area contributed by atoms with Crippen molar-refractivity contribution in [2.75, 3.05) is 53.9 Å². The molecule has 2 aliphatic rings. The number of ether oxygens (including phenoxy) is 7. The fourth-order valence-corrected chi connectivity index (χ4v) is 5.33. The van der Waals surface area contributed by atoms with Crippen LogP contribution >= 0.6 is 0 Å². The third-order valence-electron chi connectivity index (χ3n) is 7.62. The quantitative estimate of drug-likeness (QED) is 0.173. The number of anilines is 1. The van der Waals surface area contributed by atoms with Crippen LogP contribution in [0, 0.1) is 0 Å². The highest BCUT2D eigenvalue weighted by Crippen LogP contribution is 2.43. The molecule has 1 amide bonds. The van der Waals surface area contributed by atoms with E-state index in [4.69, 9.17) is 38.9 Å². The average molecular weight is 606 g/mol. The smallest absolute Gasteiger partial charge is 0.256 e. The summed E-state index contributed by atoms with van der Waals surface area (Å²) in [4.78, 5) is 19.5. The summed E-state index contributed by atoms with van der Waals surface area (Å²) in [5, 5.41) is 0. The number of hydrogen-bond acceptors (Lipinski definition) is 10. The number of rotatable bonds is 14. The second kappa shape index (κ2) is 14.1. The van der Waals surface area contributed by atoms with E-state index in [1.54, 1.807) is 64.8 Å². The summed E-state index contributed by atoms with van der Waals surface area (Å²) in [6, 6.07) is 12.3. The summed E-state index contributed by atoms with van der Waals surface area (Å²) in [5.41, 5.74) is 7.85. The number of fused-ring (bicyclic) bond motifs is 2. The molecule has 2 heterocycles. The van der Waals surface area contributed by atoms with E-state index in [9.17, 15) is 4.79 Å². The molecule has 2 N–H and O–H groups in total. The number of hydrogen-bond donors (Lipinski definition) is 1. The summed E-state index contributed by atoms with van der Waals surface area (Å²) in [6.45, 7) is 1.79. The van der Waals surface area contributed by atoms with Crippen LogP contribution in [0.25, 0.3) is 0 Å². The number of methoxy groups -OCH3 is 4. The number of amides is 1. The molecule has 2 aliphatic heterocycles. The molecule has 3 aromatic carbocycles. The molecular weight excluding hydrogens is 566 g/mol. The van der Waals surface area contributed by atoms with Crippen molar-refractivity contribution in [1.29, 1.82) is 0 Å². The Balaban J connectivity index is 1.08. The molecule has 11 nitrogen and oxygen atoms in total. The van der Waals surface area contributed by atoms with Gasteiger partial charge in [-0.05, 0) is 50.3 Å². The first-order valence-electron chi connectivity index (χ1n) is 14.7. The van der Waals surface area contributed by atoms with Crippen LogP contribution < -0.4 is 38.9 Å². The second-order valence-corrected chi connectivity index (χ2v) is 10.4. The fourth-order valence-electron chi connectivity index (χ4n) is 5.33. The normalized spacial score (nSPS) is 15.2. The first-order chi connectivity index (χ1) is 21.4. The fraction of sp³-hybridized carbons (Fsp3) is 0.394. The van der Waals surface area contributed by atoms with Crippen molar-refractivity contribution in [2.24, 2.45) is 4.99 Å². The van der Waals surface area contributed by atoms with E-state index >= 15 is 0 Å². The van der Waals surface area contributed by atoms with Gasteiger partial charge in [-0.15, -0.1) is 0 Å². The van der Waals surface area contributed by atoms with Gasteiger partial charge < -0.3 is 43.8 Å². The zero-order valence-electron chi connectivity index (χ0n) is 25.6. The van der Waals surface area contributed by atoms with Gasteiger partial charge in [0.15, 0.2) is 28.7 Å². The molecule has 0 saturated carbocycles. The number of aliphatic imine (C=N–C) groups is 1. The van der Waals surface area contributed by atoms with Crippen LogP contribution in [0.1, 0.15) is 42.5 Å². The van der Waals surface area contributed by atoms with Crippen molar-refractivity contribution in [2.45, 2.75) is 38.1 Å². The predicted molar refractivity (Wildman–Crippen MR) is 167 cm³/mol. The van der Waals surface area contributed by atoms with Crippen molar-refractivity contribution < 1.29 is 38.0 Å². The van der Waals surface area contributed by atoms with Crippen LogP contribution in [0.4, 0.5) is 11.4 Å². The molecule has 1 atom stereocenters. The van der Waals surface area contributed by atoms with E-state index in [2.05, 4.69) is 4.99 Å². The first-order valence-corrected chi connectivity index (χ1v) is 14.7. The minimum Gasteiger partial charge on any atom is -0.494 e. The molecule has 1 saturated heterocycles. The van der Waals surface area contributed by atoms with Crippen LogP contribution in [-0.4, -0.2) is 71.3 Å². The van der Waals surface area contributed by atoms with Gasteiger partial charge in [-0.1, -0.05) is 0 Å². The van der Waals surface area contributed by atoms with Crippen LogP contribution in [0.3, 0.4) is 0 Å². The number of unbranched alkanes of at least 4 members (excludes halogenated alkanes) is 2. The van der Waals surface area contributed by atoms with Gasteiger partial charge in [0.05, 0.1) is 64.6 Å². The molecule has 0 aromatic heterocycles. The predicted octanol–water partition coefficient (Wildman–Crippen LogP) is 6.04. The molecule has 234 valence electrons. The number of carbonyl (C=O) groups is 1. The van der Waals surface area contributed by atoms with Crippen LogP contribution in [0.15, 0.2) is 47.5 Å². The zero-order chi connectivity index (χ0) is 31.1. The summed E-state index contributed by atoms with van der Waals surface area (Å²) >= 11 is 0. The molecule has 0 bridgehead atoms. The lowest BCUT2D eigenvalue weighted by Gasteiger charge is -2.20. The van der Waals surface area contributed by atoms with E-state index in [1.165, 1.54) is 0 Å². The van der Waals surface area contributed by atoms with Crippen LogP contribution in [0.2, 0.25) is 0 Å². The van der Waals surface area contributed by atoms with Gasteiger partial charge >= 0.3 is 0 Å². The molecular formula is C33H39N3O8. The van der Waals surface area contributed by atoms with Gasteiger partial charge in [0.2, 0.25) is 5.75 Å². The van der Waals surface area contributed by atoms with Gasteiger partial charge in [-0.3, -0.25) is 9.79 Å². The van der Waals surface area contributed by atoms with Crippen molar-refractivity contribution in [3.8, 4) is 46.0 Å². The van der Waals surface area contributed by atoms with Gasteiger partial charge in [0.25, 0.3) is 5.91 Å². The Morgan fingerprint density at radius 1 is 0.795 bits per heavy atom. The highest BCUT2D eigenvalue weighted by atomic mass is 16.5. The third kappa shape index (κ3) is 6.72. The van der Waals surface area contributed by atoms with Gasteiger partial charge in [0.1, 0.15) is 11.5 Å². The molecule has 0 aliphatic carbocycles. The lowest BCUT2D eigenvalue weighted by atomic mass is 10.1. The minimum atomic E-state index is -0.00709. The Labute approximate surface area is 257 Å². The number of carbonyl (C=O) groups excluding carboxylic acids is 1. The van der Waals surface area contributed by atoms with E-state index in [0.717, 1.165) is 38.6 Å². The lowest BCUT2D eigenvalue weighted by Crippen LogP contribution is -2.35. The standard InChI is InChI=1S/C33H39N3O8/c1-38-28-18-24-26(35-20-21-9-8-12-36(21)33(24)37)19-29(28)43-14-7-5-6-13-42-22-10-11-27(25(34)15-22)44-23-16-30(39-2)32(41-4)31(17-23)40-3/h10-11,15-21H,5-9,12-14,34H2,1-4H3/t21-/m0/s1. The highest BCUT2D eigenvalue weighted by Gasteiger charge is 2.32. The molecule has 0 unspecified atom stereocenters. The Bertz CT molecular complexity index is 1480. The van der Waals surface area contributed by atoms with Crippen LogP contribution in [0.5, 0.6) is 46.0 Å². The topological polar surface area (TPSA) is 123 Å². The highest BCUT2D eigenvalue weighted by molar-refractivity contribution is 6.03. The molecule has 0 radical (unpaired) electrons. The minimum absolute atomic E-state index is 0.00709. The SMILES string of the molecule is COc1cc2c(cc1OCCCCCOc1ccc(Oc3cc(OC)c(OC)c(OC)c3)c(N)c1)N=C[C@@H]1CCCN1C2=O. The van der Waals surface area contributed by atoms with Crippen molar-refractivity contribution in [1.82, 2.24) is 4.90 Å². The monoisotopic (exact) mass is 605 g/mol. The maximum absolute atomic E-state index is 13.0. The van der Waals surface area contributed by atoms with E-state index in [0.29, 0.717) is 76.1 Å². The second-order valence-electron chi connectivity index (χ2n) is 10.4. The average Bonchev–Trinajstić information content (AvgIpc) is 3.47. The Morgan fingerprint density at radius 2 is 1.52 bits per heavy atom. The first kappa shape index (κ1) is 30.7. The van der Waals surface area contributed by atoms with Gasteiger partial charge in [-0.25, -0.2) is 0 Å². The maximum atomic E-state index is 13.0. The van der Waals surface area contributed by atoms with Crippen molar-refractivity contribution in [3.05, 3.63) is 48.0 Å². The molecule has 11 heteroatoms. The summed E-state index contributed by atoms with van der Waals surface area (Å²) < 4.78 is 39.6. The van der Waals surface area contributed by atoms with E-state index in [1.807, 2.05) is 17.2 Å². The summed E-state index contributed by atoms with van der Waals surface area (Å²) in [7, 11) is 6.21. The zero-order valence-corrected chi connectivity index (χ0v) is 25.6. The number of nitrogens with zero attached hydrogens (tertiary/aromatic N) is 2. The number of benzene rings is 3. The molecule has 0 spiro atoms. The van der Waals surface area contributed by atoms with Gasteiger partial charge in [0, 0.05) is 37.0 Å². The van der Waals surface area contributed by atoms with E-state index < -0.39 is 0 Å². The largest absolute Gasteiger partial charge is 0.494 e. The summed E-state index contributed by atoms with van der Waals surface area (Å²) in [5.74, 6) is 4.17. The molecule has 44 heavy (non-hydrogen) atoms. The van der Waals surface area contributed by atoms with Crippen LogP contribution in [-0.2, 0) is 0 Å². The van der Waals surface area contributed by atoms with Crippen molar-refractivity contribution >= 4 is 23.5 Å². The van der Waals surface area contributed by atoms with E-state index in [-0.39, 0.29) is 11.9 Å². The third-order valence-corrected chi connectivity index (χ3v) is 7.62. The van der Waals surface area contributed by atoms with Gasteiger partial charge in [-0.2, -0.15) is 0 Å². The Morgan fingerprint density at radius 3 is 2.20 bits per heavy atom. The Hall–Kier alpha value is -4.80. The number of nitrogen functional groups attached to an aromatic ring is 1. The molecule has 1 fully saturated rings. The maximum Gasteiger partial charge on any atom is 0.256 e. The molecule has 3 aromatic rings. The molecule has 5 rings (SSSR count). The Kier molecular flexibility index (Phi) is 9.83. The lowest BCUT2D eigenvalue weighted by molar-refractivity contribution is 0.0774. The van der Waals surface area contributed by atoms with Crippen molar-refractivity contribution in [3.63, 3.8) is 0 Å².